The molecule has 1 saturated heterocycles. The minimum atomic E-state index is -0.452. The van der Waals surface area contributed by atoms with Gasteiger partial charge in [0, 0.05) is 5.56 Å². The van der Waals surface area contributed by atoms with Crippen molar-refractivity contribution in [3.63, 3.8) is 0 Å². The normalized spacial score (nSPS) is 15.8. The van der Waals surface area contributed by atoms with E-state index in [1.807, 2.05) is 0 Å². The predicted molar refractivity (Wildman–Crippen MR) is 57.5 cm³/mol. The molecule has 1 aromatic carbocycles. The fourth-order valence-electron chi connectivity index (χ4n) is 1.21. The molecule has 0 aromatic heterocycles. The van der Waals surface area contributed by atoms with Gasteiger partial charge in [-0.25, -0.2) is 4.39 Å². The van der Waals surface area contributed by atoms with E-state index in [9.17, 15) is 4.39 Å². The van der Waals surface area contributed by atoms with Gasteiger partial charge in [0.1, 0.15) is 11.1 Å². The number of rotatable bonds is 3. The molecule has 1 aliphatic heterocycles. The van der Waals surface area contributed by atoms with Crippen molar-refractivity contribution < 1.29 is 13.9 Å². The summed E-state index contributed by atoms with van der Waals surface area (Å²) in [5.74, 6) is -0.240. The standard InChI is InChI=1S/C10H10FNO2S/c11-8-3-6(10(12)15)1-2-9(8)14-7-4-13-5-7/h1-3,7H,4-5H2,(H2,12,15). The number of ether oxygens (including phenoxy) is 2. The number of thiocarbonyl (C=S) groups is 1. The van der Waals surface area contributed by atoms with Crippen molar-refractivity contribution in [1.82, 2.24) is 0 Å². The monoisotopic (exact) mass is 227 g/mol. The van der Waals surface area contributed by atoms with E-state index >= 15 is 0 Å². The highest BCUT2D eigenvalue weighted by Crippen LogP contribution is 2.21. The molecule has 15 heavy (non-hydrogen) atoms. The summed E-state index contributed by atoms with van der Waals surface area (Å²) in [7, 11) is 0. The molecule has 3 nitrogen and oxygen atoms in total. The Morgan fingerprint density at radius 2 is 2.27 bits per heavy atom. The van der Waals surface area contributed by atoms with Crippen LogP contribution >= 0.6 is 12.2 Å². The number of hydrogen-bond donors (Lipinski definition) is 1. The van der Waals surface area contributed by atoms with Crippen molar-refractivity contribution in [1.29, 1.82) is 0 Å². The Balaban J connectivity index is 2.14. The summed E-state index contributed by atoms with van der Waals surface area (Å²) in [6.07, 6.45) is -0.0461. The topological polar surface area (TPSA) is 44.5 Å². The molecular formula is C10H10FNO2S. The summed E-state index contributed by atoms with van der Waals surface area (Å²) in [6.45, 7) is 1.02. The van der Waals surface area contributed by atoms with Crippen LogP contribution in [-0.4, -0.2) is 24.3 Å². The maximum Gasteiger partial charge on any atom is 0.165 e. The molecule has 0 amide bonds. The molecule has 0 spiro atoms. The van der Waals surface area contributed by atoms with E-state index < -0.39 is 5.82 Å². The third kappa shape index (κ3) is 2.24. The first-order valence-corrected chi connectivity index (χ1v) is 4.91. The van der Waals surface area contributed by atoms with Gasteiger partial charge in [0.2, 0.25) is 0 Å². The minimum absolute atomic E-state index is 0.0461. The Bertz CT molecular complexity index is 393. The molecule has 0 bridgehead atoms. The lowest BCUT2D eigenvalue weighted by atomic mass is 10.2. The second kappa shape index (κ2) is 4.12. The Hall–Kier alpha value is -1.20. The van der Waals surface area contributed by atoms with Crippen LogP contribution in [0.3, 0.4) is 0 Å². The highest BCUT2D eigenvalue weighted by Gasteiger charge is 2.21. The Morgan fingerprint density at radius 3 is 2.73 bits per heavy atom. The Morgan fingerprint density at radius 1 is 1.53 bits per heavy atom. The van der Waals surface area contributed by atoms with Crippen LogP contribution in [0.25, 0.3) is 0 Å². The molecule has 0 aliphatic carbocycles. The molecular weight excluding hydrogens is 217 g/mol. The zero-order valence-electron chi connectivity index (χ0n) is 7.90. The lowest BCUT2D eigenvalue weighted by molar-refractivity contribution is -0.0808. The van der Waals surface area contributed by atoms with Gasteiger partial charge in [-0.15, -0.1) is 0 Å². The van der Waals surface area contributed by atoms with Crippen molar-refractivity contribution in [2.24, 2.45) is 5.73 Å². The van der Waals surface area contributed by atoms with Gasteiger partial charge in [-0.2, -0.15) is 0 Å². The molecule has 1 aliphatic rings. The van der Waals surface area contributed by atoms with E-state index in [-0.39, 0.29) is 16.8 Å². The molecule has 2 rings (SSSR count). The smallest absolute Gasteiger partial charge is 0.165 e. The van der Waals surface area contributed by atoms with Crippen molar-refractivity contribution >= 4 is 17.2 Å². The maximum atomic E-state index is 13.5. The summed E-state index contributed by atoms with van der Waals surface area (Å²) in [5, 5.41) is 0. The first kappa shape index (κ1) is 10.3. The minimum Gasteiger partial charge on any atom is -0.483 e. The molecule has 1 aromatic rings. The predicted octanol–water partition coefficient (Wildman–Crippen LogP) is 1.24. The molecule has 0 saturated carbocycles. The van der Waals surface area contributed by atoms with Gasteiger partial charge in [0.15, 0.2) is 11.6 Å². The molecule has 2 N–H and O–H groups in total. The fourth-order valence-corrected chi connectivity index (χ4v) is 1.34. The second-order valence-electron chi connectivity index (χ2n) is 3.29. The van der Waals surface area contributed by atoms with Crippen LogP contribution in [0, 0.1) is 5.82 Å². The van der Waals surface area contributed by atoms with E-state index in [1.165, 1.54) is 12.1 Å². The average molecular weight is 227 g/mol. The van der Waals surface area contributed by atoms with Crippen molar-refractivity contribution in [2.45, 2.75) is 6.10 Å². The Kier molecular flexibility index (Phi) is 2.83. The van der Waals surface area contributed by atoms with Gasteiger partial charge in [-0.3, -0.25) is 0 Å². The molecule has 80 valence electrons. The number of halogens is 1. The average Bonchev–Trinajstić information content (AvgIpc) is 2.12. The van der Waals surface area contributed by atoms with Crippen LogP contribution in [0.1, 0.15) is 5.56 Å². The molecule has 1 heterocycles. The maximum absolute atomic E-state index is 13.5. The van der Waals surface area contributed by atoms with Crippen molar-refractivity contribution in [3.8, 4) is 5.75 Å². The Labute approximate surface area is 92.0 Å². The highest BCUT2D eigenvalue weighted by atomic mass is 32.1. The van der Waals surface area contributed by atoms with Crippen LogP contribution in [0.2, 0.25) is 0 Å². The SMILES string of the molecule is NC(=S)c1ccc(OC2COC2)c(F)c1. The van der Waals surface area contributed by atoms with Crippen LogP contribution in [-0.2, 0) is 4.74 Å². The van der Waals surface area contributed by atoms with Gasteiger partial charge in [0.25, 0.3) is 0 Å². The van der Waals surface area contributed by atoms with Gasteiger partial charge in [-0.1, -0.05) is 12.2 Å². The quantitative estimate of drug-likeness (QED) is 0.789. The number of nitrogens with two attached hydrogens (primary N) is 1. The highest BCUT2D eigenvalue weighted by molar-refractivity contribution is 7.80. The van der Waals surface area contributed by atoms with Crippen LogP contribution in [0.5, 0.6) is 5.75 Å². The summed E-state index contributed by atoms with van der Waals surface area (Å²) < 4.78 is 23.7. The van der Waals surface area contributed by atoms with Gasteiger partial charge < -0.3 is 15.2 Å². The zero-order chi connectivity index (χ0) is 10.8. The van der Waals surface area contributed by atoms with Gasteiger partial charge in [-0.05, 0) is 18.2 Å². The third-order valence-electron chi connectivity index (χ3n) is 2.12. The van der Waals surface area contributed by atoms with E-state index in [4.69, 9.17) is 27.4 Å². The van der Waals surface area contributed by atoms with Crippen LogP contribution in [0.15, 0.2) is 18.2 Å². The summed E-state index contributed by atoms with van der Waals surface area (Å²) in [5.41, 5.74) is 5.87. The molecule has 0 atom stereocenters. The lowest BCUT2D eigenvalue weighted by Gasteiger charge is -2.26. The van der Waals surface area contributed by atoms with Gasteiger partial charge >= 0.3 is 0 Å². The van der Waals surface area contributed by atoms with E-state index in [1.54, 1.807) is 6.07 Å². The summed E-state index contributed by atoms with van der Waals surface area (Å²) in [4.78, 5) is 0.174. The van der Waals surface area contributed by atoms with E-state index in [0.717, 1.165) is 0 Å². The molecule has 5 heteroatoms. The fraction of sp³-hybridized carbons (Fsp3) is 0.300. The number of hydrogen-bond acceptors (Lipinski definition) is 3. The lowest BCUT2D eigenvalue weighted by Crippen LogP contribution is -2.38. The van der Waals surface area contributed by atoms with E-state index in [2.05, 4.69) is 0 Å². The van der Waals surface area contributed by atoms with Gasteiger partial charge in [0.05, 0.1) is 13.2 Å². The van der Waals surface area contributed by atoms with Crippen molar-refractivity contribution in [3.05, 3.63) is 29.6 Å². The van der Waals surface area contributed by atoms with Crippen molar-refractivity contribution in [2.75, 3.05) is 13.2 Å². The molecule has 0 radical (unpaired) electrons. The summed E-state index contributed by atoms with van der Waals surface area (Å²) in [6, 6.07) is 4.44. The van der Waals surface area contributed by atoms with E-state index in [0.29, 0.717) is 18.8 Å². The first-order chi connectivity index (χ1) is 7.16. The second-order valence-corrected chi connectivity index (χ2v) is 3.73. The zero-order valence-corrected chi connectivity index (χ0v) is 8.72. The molecule has 1 fully saturated rings. The van der Waals surface area contributed by atoms with Crippen LogP contribution in [0.4, 0.5) is 4.39 Å². The van der Waals surface area contributed by atoms with Crippen LogP contribution < -0.4 is 10.5 Å². The molecule has 0 unspecified atom stereocenters. The number of benzene rings is 1. The third-order valence-corrected chi connectivity index (χ3v) is 2.35. The summed E-state index contributed by atoms with van der Waals surface area (Å²) >= 11 is 4.74. The largest absolute Gasteiger partial charge is 0.483 e. The first-order valence-electron chi connectivity index (χ1n) is 4.50.